The Hall–Kier alpha value is -1.46. The lowest BCUT2D eigenvalue weighted by molar-refractivity contribution is 0.0637. The standard InChI is InChI=1S/C14H17Cl2N3O2/c1-14(13(17)18-21)5-2-6-19(8-14)12(20)9-3-4-10(15)11(16)7-9/h3-4,7,21H,2,5-6,8H2,1H3,(H2,17,18). The number of halogens is 2. The average Bonchev–Trinajstić information content (AvgIpc) is 2.48. The fourth-order valence-electron chi connectivity index (χ4n) is 2.55. The highest BCUT2D eigenvalue weighted by Crippen LogP contribution is 2.31. The molecular formula is C14H17Cl2N3O2. The van der Waals surface area contributed by atoms with Crippen molar-refractivity contribution in [2.75, 3.05) is 13.1 Å². The van der Waals surface area contributed by atoms with Gasteiger partial charge in [0.2, 0.25) is 0 Å². The van der Waals surface area contributed by atoms with E-state index in [1.807, 2.05) is 6.92 Å². The van der Waals surface area contributed by atoms with Crippen LogP contribution in [0, 0.1) is 5.41 Å². The van der Waals surface area contributed by atoms with Crippen molar-refractivity contribution in [1.29, 1.82) is 0 Å². The molecule has 1 heterocycles. The van der Waals surface area contributed by atoms with Crippen molar-refractivity contribution in [2.24, 2.45) is 16.3 Å². The minimum absolute atomic E-state index is 0.134. The summed E-state index contributed by atoms with van der Waals surface area (Å²) in [6, 6.07) is 4.80. The van der Waals surface area contributed by atoms with Crippen molar-refractivity contribution < 1.29 is 10.0 Å². The molecule has 3 N–H and O–H groups in total. The van der Waals surface area contributed by atoms with E-state index < -0.39 is 5.41 Å². The number of hydrogen-bond donors (Lipinski definition) is 2. The van der Waals surface area contributed by atoms with Gasteiger partial charge in [0, 0.05) is 24.1 Å². The maximum atomic E-state index is 12.5. The molecule has 1 amide bonds. The van der Waals surface area contributed by atoms with Crippen LogP contribution in [0.5, 0.6) is 0 Å². The van der Waals surface area contributed by atoms with E-state index in [-0.39, 0.29) is 11.7 Å². The number of rotatable bonds is 2. The first-order chi connectivity index (χ1) is 9.87. The molecule has 1 fully saturated rings. The number of amidine groups is 1. The third-order valence-corrected chi connectivity index (χ3v) is 4.62. The first-order valence-electron chi connectivity index (χ1n) is 6.60. The molecule has 1 saturated heterocycles. The van der Waals surface area contributed by atoms with Gasteiger partial charge in [0.1, 0.15) is 5.84 Å². The number of likely N-dealkylation sites (tertiary alicyclic amines) is 1. The van der Waals surface area contributed by atoms with Crippen molar-refractivity contribution in [3.8, 4) is 0 Å². The molecule has 1 aromatic carbocycles. The molecule has 0 aromatic heterocycles. The number of carbonyl (C=O) groups excluding carboxylic acids is 1. The molecule has 0 radical (unpaired) electrons. The highest BCUT2D eigenvalue weighted by molar-refractivity contribution is 6.42. The summed E-state index contributed by atoms with van der Waals surface area (Å²) in [7, 11) is 0. The van der Waals surface area contributed by atoms with Crippen molar-refractivity contribution in [1.82, 2.24) is 4.90 Å². The van der Waals surface area contributed by atoms with E-state index in [4.69, 9.17) is 34.1 Å². The first kappa shape index (κ1) is 15.9. The van der Waals surface area contributed by atoms with Crippen LogP contribution in [0.4, 0.5) is 0 Å². The van der Waals surface area contributed by atoms with Gasteiger partial charge in [-0.15, -0.1) is 0 Å². The molecule has 1 aliphatic heterocycles. The van der Waals surface area contributed by atoms with Gasteiger partial charge in [0.05, 0.1) is 10.0 Å². The molecule has 7 heteroatoms. The number of hydrogen-bond acceptors (Lipinski definition) is 3. The molecule has 5 nitrogen and oxygen atoms in total. The Labute approximate surface area is 133 Å². The summed E-state index contributed by atoms with van der Waals surface area (Å²) < 4.78 is 0. The van der Waals surface area contributed by atoms with Gasteiger partial charge in [0.15, 0.2) is 0 Å². The van der Waals surface area contributed by atoms with Gasteiger partial charge < -0.3 is 15.8 Å². The van der Waals surface area contributed by atoms with Crippen LogP contribution in [-0.4, -0.2) is 34.9 Å². The maximum absolute atomic E-state index is 12.5. The number of piperidine rings is 1. The van der Waals surface area contributed by atoms with Crippen LogP contribution in [0.1, 0.15) is 30.1 Å². The van der Waals surface area contributed by atoms with Crippen molar-refractivity contribution in [3.05, 3.63) is 33.8 Å². The molecule has 2 rings (SSSR count). The van der Waals surface area contributed by atoms with Crippen LogP contribution in [0.25, 0.3) is 0 Å². The fraction of sp³-hybridized carbons (Fsp3) is 0.429. The topological polar surface area (TPSA) is 78.9 Å². The number of oxime groups is 1. The summed E-state index contributed by atoms with van der Waals surface area (Å²) >= 11 is 11.8. The molecule has 1 aliphatic rings. The fourth-order valence-corrected chi connectivity index (χ4v) is 2.85. The van der Waals surface area contributed by atoms with Crippen molar-refractivity contribution in [3.63, 3.8) is 0 Å². The third-order valence-electron chi connectivity index (χ3n) is 3.88. The zero-order valence-electron chi connectivity index (χ0n) is 11.6. The van der Waals surface area contributed by atoms with Crippen molar-refractivity contribution >= 4 is 34.9 Å². The Morgan fingerprint density at radius 3 is 2.76 bits per heavy atom. The molecule has 114 valence electrons. The summed E-state index contributed by atoms with van der Waals surface area (Å²) in [6.45, 7) is 2.92. The zero-order valence-corrected chi connectivity index (χ0v) is 13.2. The second-order valence-corrected chi connectivity index (χ2v) is 6.32. The summed E-state index contributed by atoms with van der Waals surface area (Å²) in [5.74, 6) is 0.0133. The first-order valence-corrected chi connectivity index (χ1v) is 7.35. The van der Waals surface area contributed by atoms with Crippen LogP contribution < -0.4 is 5.73 Å². The Bertz CT molecular complexity index is 592. The number of nitrogens with two attached hydrogens (primary N) is 1. The number of nitrogens with zero attached hydrogens (tertiary/aromatic N) is 2. The normalized spacial score (nSPS) is 23.2. The molecule has 21 heavy (non-hydrogen) atoms. The Balaban J connectivity index is 2.21. The predicted molar refractivity (Wildman–Crippen MR) is 83.1 cm³/mol. The van der Waals surface area contributed by atoms with Gasteiger partial charge in [-0.05, 0) is 31.0 Å². The van der Waals surface area contributed by atoms with Crippen LogP contribution in [0.15, 0.2) is 23.4 Å². The van der Waals surface area contributed by atoms with Gasteiger partial charge in [-0.1, -0.05) is 35.3 Å². The molecule has 0 spiro atoms. The monoisotopic (exact) mass is 329 g/mol. The summed E-state index contributed by atoms with van der Waals surface area (Å²) in [6.07, 6.45) is 1.56. The minimum atomic E-state index is -0.515. The quantitative estimate of drug-likeness (QED) is 0.379. The maximum Gasteiger partial charge on any atom is 0.253 e. The van der Waals surface area contributed by atoms with E-state index in [0.29, 0.717) is 28.7 Å². The lowest BCUT2D eigenvalue weighted by atomic mass is 9.80. The van der Waals surface area contributed by atoms with Crippen LogP contribution in [0.3, 0.4) is 0 Å². The molecule has 0 bridgehead atoms. The van der Waals surface area contributed by atoms with Gasteiger partial charge in [0.25, 0.3) is 5.91 Å². The lowest BCUT2D eigenvalue weighted by Crippen LogP contribution is -2.50. The van der Waals surface area contributed by atoms with Crippen LogP contribution >= 0.6 is 23.2 Å². The van der Waals surface area contributed by atoms with Gasteiger partial charge in [-0.2, -0.15) is 0 Å². The van der Waals surface area contributed by atoms with E-state index in [1.54, 1.807) is 23.1 Å². The minimum Gasteiger partial charge on any atom is -0.409 e. The van der Waals surface area contributed by atoms with Crippen molar-refractivity contribution in [2.45, 2.75) is 19.8 Å². The Morgan fingerprint density at radius 2 is 2.14 bits per heavy atom. The van der Waals surface area contributed by atoms with E-state index in [9.17, 15) is 4.79 Å². The summed E-state index contributed by atoms with van der Waals surface area (Å²) in [5, 5.41) is 12.7. The lowest BCUT2D eigenvalue weighted by Gasteiger charge is -2.39. The van der Waals surface area contributed by atoms with Crippen LogP contribution in [-0.2, 0) is 0 Å². The molecular weight excluding hydrogens is 313 g/mol. The zero-order chi connectivity index (χ0) is 15.6. The summed E-state index contributed by atoms with van der Waals surface area (Å²) in [4.78, 5) is 14.2. The largest absolute Gasteiger partial charge is 0.409 e. The van der Waals surface area contributed by atoms with Gasteiger partial charge >= 0.3 is 0 Å². The number of benzene rings is 1. The highest BCUT2D eigenvalue weighted by atomic mass is 35.5. The molecule has 0 saturated carbocycles. The number of carbonyl (C=O) groups is 1. The number of amides is 1. The Kier molecular flexibility index (Phi) is 4.64. The molecule has 1 unspecified atom stereocenters. The molecule has 1 atom stereocenters. The third kappa shape index (κ3) is 3.24. The van der Waals surface area contributed by atoms with E-state index in [2.05, 4.69) is 5.16 Å². The van der Waals surface area contributed by atoms with Gasteiger partial charge in [-0.25, -0.2) is 0 Å². The Morgan fingerprint density at radius 1 is 1.43 bits per heavy atom. The molecule has 0 aliphatic carbocycles. The van der Waals surface area contributed by atoms with Gasteiger partial charge in [-0.3, -0.25) is 4.79 Å². The average molecular weight is 330 g/mol. The second kappa shape index (κ2) is 6.12. The highest BCUT2D eigenvalue weighted by Gasteiger charge is 2.37. The van der Waals surface area contributed by atoms with Crippen LogP contribution in [0.2, 0.25) is 10.0 Å². The second-order valence-electron chi connectivity index (χ2n) is 5.51. The predicted octanol–water partition coefficient (Wildman–Crippen LogP) is 2.98. The smallest absolute Gasteiger partial charge is 0.253 e. The SMILES string of the molecule is CC1(C(N)=NO)CCCN(C(=O)c2ccc(Cl)c(Cl)c2)C1. The summed E-state index contributed by atoms with van der Waals surface area (Å²) in [5.41, 5.74) is 5.72. The van der Waals surface area contributed by atoms with E-state index in [0.717, 1.165) is 12.8 Å². The van der Waals surface area contributed by atoms with E-state index >= 15 is 0 Å². The van der Waals surface area contributed by atoms with E-state index in [1.165, 1.54) is 0 Å². The molecule has 1 aromatic rings.